The Labute approximate surface area is 199 Å². The molecule has 1 fully saturated rings. The average molecular weight is 523 g/mol. The van der Waals surface area contributed by atoms with Crippen LogP contribution in [0.15, 0.2) is 28.6 Å². The van der Waals surface area contributed by atoms with Gasteiger partial charge in [-0.25, -0.2) is 14.1 Å². The Morgan fingerprint density at radius 2 is 1.97 bits per heavy atom. The number of benzene rings is 1. The van der Waals surface area contributed by atoms with Crippen LogP contribution in [0.2, 0.25) is 10.0 Å². The molecule has 0 bridgehead atoms. The van der Waals surface area contributed by atoms with Gasteiger partial charge in [0.15, 0.2) is 5.82 Å². The van der Waals surface area contributed by atoms with E-state index in [9.17, 15) is 19.7 Å². The molecule has 1 saturated heterocycles. The number of thiazole rings is 1. The maximum Gasteiger partial charge on any atom is 0.273 e. The van der Waals surface area contributed by atoms with Gasteiger partial charge in [0.1, 0.15) is 41.2 Å². The highest BCUT2D eigenvalue weighted by Gasteiger charge is 2.46. The van der Waals surface area contributed by atoms with Gasteiger partial charge in [-0.3, -0.25) is 0 Å². The first-order chi connectivity index (χ1) is 15.3. The number of aliphatic hydroxyl groups is 3. The molecule has 1 aliphatic heterocycles. The monoisotopic (exact) mass is 522 g/mol. The molecule has 3 N–H and O–H groups in total. The lowest BCUT2D eigenvalue weighted by atomic mass is 9.97. The van der Waals surface area contributed by atoms with Crippen molar-refractivity contribution in [3.8, 4) is 16.6 Å². The summed E-state index contributed by atoms with van der Waals surface area (Å²) in [5.74, 6) is -0.752. The molecule has 1 aromatic carbocycles. The minimum atomic E-state index is -1.29. The van der Waals surface area contributed by atoms with Crippen LogP contribution in [0.4, 0.5) is 4.39 Å². The molecule has 172 valence electrons. The zero-order chi connectivity index (χ0) is 23.0. The molecule has 3 heterocycles. The standard InChI is InChI=1S/C18H17Cl2FN4O5S2/c1-29-18-22-11(6-31-18)10-4-25(24-23-10)14-15(27)12(5-26)30-17(16(14)28)32-7-2-8(19)13(21)9(20)3-7/h2-4,6,12,14-17,26-28H,5H2,1H3/t12-,14+,15+,16-,17-/m1/s1. The van der Waals surface area contributed by atoms with Crippen molar-refractivity contribution < 1.29 is 29.2 Å². The Bertz CT molecular complexity index is 1080. The van der Waals surface area contributed by atoms with E-state index in [4.69, 9.17) is 32.7 Å². The van der Waals surface area contributed by atoms with E-state index in [1.54, 1.807) is 5.38 Å². The highest BCUT2D eigenvalue weighted by molar-refractivity contribution is 7.99. The van der Waals surface area contributed by atoms with Crippen LogP contribution in [0, 0.1) is 5.82 Å². The third kappa shape index (κ3) is 4.59. The molecule has 0 unspecified atom stereocenters. The second-order valence-corrected chi connectivity index (χ2v) is 9.61. The molecule has 32 heavy (non-hydrogen) atoms. The van der Waals surface area contributed by atoms with Crippen molar-refractivity contribution in [3.63, 3.8) is 0 Å². The molecule has 9 nitrogen and oxygen atoms in total. The number of aromatic nitrogens is 4. The van der Waals surface area contributed by atoms with E-state index in [1.165, 1.54) is 41.5 Å². The fraction of sp³-hybridized carbons (Fsp3) is 0.389. The molecule has 0 aliphatic carbocycles. The number of halogens is 3. The van der Waals surface area contributed by atoms with Gasteiger partial charge in [0.2, 0.25) is 0 Å². The molecule has 5 atom stereocenters. The van der Waals surface area contributed by atoms with Crippen molar-refractivity contribution in [1.29, 1.82) is 0 Å². The lowest BCUT2D eigenvalue weighted by molar-refractivity contribution is -0.178. The number of thioether (sulfide) groups is 1. The summed E-state index contributed by atoms with van der Waals surface area (Å²) in [6.45, 7) is -0.503. The summed E-state index contributed by atoms with van der Waals surface area (Å²) in [6.07, 6.45) is -2.05. The van der Waals surface area contributed by atoms with Crippen LogP contribution in [0.1, 0.15) is 6.04 Å². The zero-order valence-electron chi connectivity index (χ0n) is 16.3. The van der Waals surface area contributed by atoms with Gasteiger partial charge < -0.3 is 24.8 Å². The quantitative estimate of drug-likeness (QED) is 0.419. The zero-order valence-corrected chi connectivity index (χ0v) is 19.4. The van der Waals surface area contributed by atoms with Crippen LogP contribution in [-0.4, -0.2) is 72.8 Å². The fourth-order valence-corrected chi connectivity index (χ4v) is 5.61. The highest BCUT2D eigenvalue weighted by Crippen LogP contribution is 2.40. The van der Waals surface area contributed by atoms with E-state index in [0.29, 0.717) is 21.5 Å². The fourth-order valence-electron chi connectivity index (χ4n) is 3.22. The SMILES string of the molecule is COc1nc(-c2cn([C@@H]3[C@@H](O)[C@@H](Sc4cc(Cl)c(F)c(Cl)c4)O[C@H](CO)[C@@H]3O)nn2)cs1. The van der Waals surface area contributed by atoms with Crippen molar-refractivity contribution in [2.45, 2.75) is 34.7 Å². The normalized spacial score (nSPS) is 25.8. The topological polar surface area (TPSA) is 123 Å². The lowest BCUT2D eigenvalue weighted by Crippen LogP contribution is -2.55. The molecule has 0 amide bonds. The van der Waals surface area contributed by atoms with E-state index >= 15 is 0 Å². The van der Waals surface area contributed by atoms with E-state index in [0.717, 1.165) is 11.8 Å². The predicted molar refractivity (Wildman–Crippen MR) is 117 cm³/mol. The minimum absolute atomic E-state index is 0.180. The van der Waals surface area contributed by atoms with Crippen LogP contribution in [-0.2, 0) is 4.74 Å². The summed E-state index contributed by atoms with van der Waals surface area (Å²) >= 11 is 14.0. The number of nitrogens with zero attached hydrogens (tertiary/aromatic N) is 4. The van der Waals surface area contributed by atoms with Crippen molar-refractivity contribution >= 4 is 46.3 Å². The second-order valence-electron chi connectivity index (χ2n) is 6.80. The number of hydrogen-bond acceptors (Lipinski definition) is 10. The maximum atomic E-state index is 13.7. The third-order valence-electron chi connectivity index (χ3n) is 4.79. The van der Waals surface area contributed by atoms with Gasteiger partial charge in [-0.1, -0.05) is 51.5 Å². The highest BCUT2D eigenvalue weighted by atomic mass is 35.5. The third-order valence-corrected chi connectivity index (χ3v) is 7.27. The van der Waals surface area contributed by atoms with Crippen molar-refractivity contribution in [1.82, 2.24) is 20.0 Å². The molecular weight excluding hydrogens is 506 g/mol. The van der Waals surface area contributed by atoms with Crippen molar-refractivity contribution in [3.05, 3.63) is 39.6 Å². The van der Waals surface area contributed by atoms with Crippen molar-refractivity contribution in [2.75, 3.05) is 13.7 Å². The Balaban J connectivity index is 1.61. The van der Waals surface area contributed by atoms with Gasteiger partial charge in [0, 0.05) is 10.3 Å². The number of methoxy groups -OCH3 is 1. The van der Waals surface area contributed by atoms with Gasteiger partial charge in [0.25, 0.3) is 5.19 Å². The van der Waals surface area contributed by atoms with Crippen LogP contribution in [0.3, 0.4) is 0 Å². The minimum Gasteiger partial charge on any atom is -0.473 e. The lowest BCUT2D eigenvalue weighted by Gasteiger charge is -2.41. The van der Waals surface area contributed by atoms with Gasteiger partial charge >= 0.3 is 0 Å². The molecule has 1 aliphatic rings. The maximum absolute atomic E-state index is 13.7. The van der Waals surface area contributed by atoms with Crippen LogP contribution in [0.25, 0.3) is 11.4 Å². The number of rotatable bonds is 6. The van der Waals surface area contributed by atoms with E-state index in [1.807, 2.05) is 0 Å². The Kier molecular flexibility index (Phi) is 7.22. The molecule has 14 heteroatoms. The Morgan fingerprint density at radius 3 is 2.59 bits per heavy atom. The number of hydrogen-bond donors (Lipinski definition) is 3. The molecule has 0 radical (unpaired) electrons. The summed E-state index contributed by atoms with van der Waals surface area (Å²) in [5.41, 5.74) is -0.0168. The molecule has 3 aromatic rings. The molecule has 4 rings (SSSR count). The molecule has 0 spiro atoms. The Hall–Kier alpha value is -1.51. The van der Waals surface area contributed by atoms with E-state index in [-0.39, 0.29) is 10.0 Å². The smallest absolute Gasteiger partial charge is 0.273 e. The average Bonchev–Trinajstić information content (AvgIpc) is 3.43. The van der Waals surface area contributed by atoms with Gasteiger partial charge in [0.05, 0.1) is 30.0 Å². The predicted octanol–water partition coefficient (Wildman–Crippen LogP) is 2.63. The first-order valence-corrected chi connectivity index (χ1v) is 11.7. The van der Waals surface area contributed by atoms with Crippen molar-refractivity contribution in [2.24, 2.45) is 0 Å². The van der Waals surface area contributed by atoms with E-state index in [2.05, 4.69) is 15.3 Å². The summed E-state index contributed by atoms with van der Waals surface area (Å²) < 4.78 is 25.8. The van der Waals surface area contributed by atoms with Gasteiger partial charge in [-0.2, -0.15) is 0 Å². The first kappa shape index (κ1) is 23.6. The first-order valence-electron chi connectivity index (χ1n) is 9.17. The molecule has 0 saturated carbocycles. The van der Waals surface area contributed by atoms with Crippen LogP contribution in [0.5, 0.6) is 5.19 Å². The number of ether oxygens (including phenoxy) is 2. The largest absolute Gasteiger partial charge is 0.473 e. The second kappa shape index (κ2) is 9.77. The Morgan fingerprint density at radius 1 is 1.25 bits per heavy atom. The summed E-state index contributed by atoms with van der Waals surface area (Å²) in [4.78, 5) is 4.69. The van der Waals surface area contributed by atoms with Gasteiger partial charge in [-0.05, 0) is 12.1 Å². The van der Waals surface area contributed by atoms with Crippen LogP contribution < -0.4 is 4.74 Å². The summed E-state index contributed by atoms with van der Waals surface area (Å²) in [7, 11) is 1.50. The summed E-state index contributed by atoms with van der Waals surface area (Å²) in [6, 6.07) is 1.70. The van der Waals surface area contributed by atoms with E-state index < -0.39 is 42.2 Å². The molecular formula is C18H17Cl2FN4O5S2. The van der Waals surface area contributed by atoms with Crippen LogP contribution >= 0.6 is 46.3 Å². The van der Waals surface area contributed by atoms with Gasteiger partial charge in [-0.15, -0.1) is 5.10 Å². The molecule has 2 aromatic heterocycles. The summed E-state index contributed by atoms with van der Waals surface area (Å²) in [5, 5.41) is 41.3. The number of aliphatic hydroxyl groups excluding tert-OH is 3.